The summed E-state index contributed by atoms with van der Waals surface area (Å²) in [6, 6.07) is 7.45. The van der Waals surface area contributed by atoms with E-state index in [0.29, 0.717) is 17.4 Å². The van der Waals surface area contributed by atoms with Crippen LogP contribution in [0, 0.1) is 0 Å². The first-order chi connectivity index (χ1) is 9.63. The van der Waals surface area contributed by atoms with Crippen molar-refractivity contribution in [1.29, 1.82) is 0 Å². The average molecular weight is 269 g/mol. The molecule has 0 aliphatic heterocycles. The van der Waals surface area contributed by atoms with Crippen LogP contribution in [0.3, 0.4) is 0 Å². The van der Waals surface area contributed by atoms with E-state index >= 15 is 0 Å². The van der Waals surface area contributed by atoms with Crippen molar-refractivity contribution in [2.45, 2.75) is 19.8 Å². The van der Waals surface area contributed by atoms with Gasteiger partial charge >= 0.3 is 0 Å². The Hall–Kier alpha value is -2.63. The highest BCUT2D eigenvalue weighted by molar-refractivity contribution is 6.02. The summed E-state index contributed by atoms with van der Waals surface area (Å²) in [6.07, 6.45) is 3.55. The molecule has 0 spiro atoms. The van der Waals surface area contributed by atoms with Crippen LogP contribution in [0.1, 0.15) is 35.9 Å². The summed E-state index contributed by atoms with van der Waals surface area (Å²) >= 11 is 0. The fourth-order valence-corrected chi connectivity index (χ4v) is 1.92. The largest absolute Gasteiger partial charge is 0.306 e. The molecule has 2 N–H and O–H groups in total. The monoisotopic (exact) mass is 269 g/mol. The van der Waals surface area contributed by atoms with Crippen molar-refractivity contribution in [1.82, 2.24) is 19.6 Å². The summed E-state index contributed by atoms with van der Waals surface area (Å²) in [6.45, 7) is 4.11. The van der Waals surface area contributed by atoms with Crippen molar-refractivity contribution >= 4 is 17.4 Å². The zero-order valence-corrected chi connectivity index (χ0v) is 11.3. The highest BCUT2D eigenvalue weighted by atomic mass is 16.2. The number of amides is 1. The molecule has 0 radical (unpaired) electrons. The number of pyridine rings is 1. The Labute approximate surface area is 115 Å². The second-order valence-corrected chi connectivity index (χ2v) is 4.91. The third kappa shape index (κ3) is 2.27. The minimum Gasteiger partial charge on any atom is -0.306 e. The molecule has 1 amide bonds. The Bertz CT molecular complexity index is 723. The molecule has 3 aromatic rings. The van der Waals surface area contributed by atoms with Crippen LogP contribution in [-0.2, 0) is 0 Å². The van der Waals surface area contributed by atoms with E-state index in [1.807, 2.05) is 30.5 Å². The number of imidazole rings is 1. The highest BCUT2D eigenvalue weighted by Gasteiger charge is 2.13. The van der Waals surface area contributed by atoms with Crippen LogP contribution in [0.4, 0.5) is 5.82 Å². The molecule has 102 valence electrons. The maximum atomic E-state index is 12.1. The van der Waals surface area contributed by atoms with Crippen LogP contribution in [0.5, 0.6) is 0 Å². The van der Waals surface area contributed by atoms with Gasteiger partial charge in [-0.15, -0.1) is 0 Å². The first-order valence-electron chi connectivity index (χ1n) is 6.44. The van der Waals surface area contributed by atoms with Gasteiger partial charge in [0.1, 0.15) is 11.3 Å². The highest BCUT2D eigenvalue weighted by Crippen LogP contribution is 2.15. The molecule has 3 rings (SSSR count). The molecule has 0 saturated heterocycles. The fraction of sp³-hybridized carbons (Fsp3) is 0.214. The van der Waals surface area contributed by atoms with Crippen molar-refractivity contribution < 1.29 is 4.79 Å². The minimum absolute atomic E-state index is 0.268. The standard InChI is InChI=1S/C14H15N5O/c1-9(2)10-7-12(18-17-10)16-14(20)11-8-19-6-4-3-5-13(19)15-11/h3-9H,1-2H3,(H2,16,17,18,20). The van der Waals surface area contributed by atoms with Gasteiger partial charge in [0, 0.05) is 24.2 Å². The predicted molar refractivity (Wildman–Crippen MR) is 75.8 cm³/mol. The van der Waals surface area contributed by atoms with Gasteiger partial charge in [-0.25, -0.2) is 4.98 Å². The number of anilines is 1. The number of H-pyrrole nitrogens is 1. The smallest absolute Gasteiger partial charge is 0.277 e. The molecule has 0 atom stereocenters. The first kappa shape index (κ1) is 12.4. The molecule has 3 heterocycles. The summed E-state index contributed by atoms with van der Waals surface area (Å²) in [5.41, 5.74) is 2.09. The van der Waals surface area contributed by atoms with Gasteiger partial charge < -0.3 is 9.72 Å². The van der Waals surface area contributed by atoms with Gasteiger partial charge in [0.25, 0.3) is 5.91 Å². The van der Waals surface area contributed by atoms with E-state index < -0.39 is 0 Å². The molecule has 6 nitrogen and oxygen atoms in total. The van der Waals surface area contributed by atoms with Crippen LogP contribution in [0.25, 0.3) is 5.65 Å². The van der Waals surface area contributed by atoms with E-state index in [9.17, 15) is 4.79 Å². The van der Waals surface area contributed by atoms with Crippen LogP contribution >= 0.6 is 0 Å². The molecule has 6 heteroatoms. The molecular formula is C14H15N5O. The third-order valence-electron chi connectivity index (χ3n) is 3.06. The van der Waals surface area contributed by atoms with Crippen LogP contribution < -0.4 is 5.32 Å². The lowest BCUT2D eigenvalue weighted by molar-refractivity contribution is 0.102. The number of carbonyl (C=O) groups is 1. The number of hydrogen-bond acceptors (Lipinski definition) is 3. The van der Waals surface area contributed by atoms with E-state index in [1.54, 1.807) is 10.6 Å². The molecular weight excluding hydrogens is 254 g/mol. The quantitative estimate of drug-likeness (QED) is 0.766. The second kappa shape index (κ2) is 4.80. The summed E-state index contributed by atoms with van der Waals surface area (Å²) in [7, 11) is 0. The van der Waals surface area contributed by atoms with Crippen molar-refractivity contribution in [2.75, 3.05) is 5.32 Å². The Morgan fingerprint density at radius 1 is 1.40 bits per heavy atom. The number of nitrogens with one attached hydrogen (secondary N) is 2. The minimum atomic E-state index is -0.268. The Morgan fingerprint density at radius 2 is 2.25 bits per heavy atom. The number of hydrogen-bond donors (Lipinski definition) is 2. The first-order valence-corrected chi connectivity index (χ1v) is 6.44. The lowest BCUT2D eigenvalue weighted by atomic mass is 10.1. The van der Waals surface area contributed by atoms with E-state index in [-0.39, 0.29) is 5.91 Å². The molecule has 20 heavy (non-hydrogen) atoms. The van der Waals surface area contributed by atoms with Gasteiger partial charge in [-0.2, -0.15) is 5.10 Å². The lowest BCUT2D eigenvalue weighted by Gasteiger charge is -1.98. The topological polar surface area (TPSA) is 75.1 Å². The second-order valence-electron chi connectivity index (χ2n) is 4.91. The zero-order chi connectivity index (χ0) is 14.1. The van der Waals surface area contributed by atoms with Crippen LogP contribution in [0.15, 0.2) is 36.7 Å². The molecule has 0 aliphatic rings. The van der Waals surface area contributed by atoms with Crippen molar-refractivity contribution in [3.8, 4) is 0 Å². The van der Waals surface area contributed by atoms with Gasteiger partial charge in [-0.1, -0.05) is 19.9 Å². The maximum Gasteiger partial charge on any atom is 0.277 e. The summed E-state index contributed by atoms with van der Waals surface area (Å²) in [4.78, 5) is 16.4. The Kier molecular flexibility index (Phi) is 2.98. The lowest BCUT2D eigenvalue weighted by Crippen LogP contribution is -2.12. The van der Waals surface area contributed by atoms with E-state index in [2.05, 4.69) is 34.3 Å². The molecule has 0 fully saturated rings. The number of aromatic nitrogens is 4. The number of rotatable bonds is 3. The molecule has 0 bridgehead atoms. The third-order valence-corrected chi connectivity index (χ3v) is 3.06. The number of carbonyl (C=O) groups excluding carboxylic acids is 1. The van der Waals surface area contributed by atoms with Gasteiger partial charge in [0.2, 0.25) is 0 Å². The molecule has 0 unspecified atom stereocenters. The predicted octanol–water partition coefficient (Wildman–Crippen LogP) is 2.43. The van der Waals surface area contributed by atoms with Crippen LogP contribution in [0.2, 0.25) is 0 Å². The number of aromatic amines is 1. The number of fused-ring (bicyclic) bond motifs is 1. The maximum absolute atomic E-state index is 12.1. The van der Waals surface area contributed by atoms with Gasteiger partial charge in [-0.3, -0.25) is 9.89 Å². The van der Waals surface area contributed by atoms with Crippen molar-refractivity contribution in [3.63, 3.8) is 0 Å². The van der Waals surface area contributed by atoms with Gasteiger partial charge in [0.15, 0.2) is 5.82 Å². The van der Waals surface area contributed by atoms with Crippen LogP contribution in [-0.4, -0.2) is 25.5 Å². The molecule has 3 aromatic heterocycles. The van der Waals surface area contributed by atoms with Gasteiger partial charge in [0.05, 0.1) is 0 Å². The van der Waals surface area contributed by atoms with E-state index in [1.165, 1.54) is 0 Å². The van der Waals surface area contributed by atoms with Crippen molar-refractivity contribution in [2.24, 2.45) is 0 Å². The SMILES string of the molecule is CC(C)c1cc(NC(=O)c2cn3ccccc3n2)n[nH]1. The Morgan fingerprint density at radius 3 is 2.95 bits per heavy atom. The molecule has 0 aliphatic carbocycles. The summed E-state index contributed by atoms with van der Waals surface area (Å²) in [5.74, 6) is 0.578. The van der Waals surface area contributed by atoms with E-state index in [4.69, 9.17) is 0 Å². The van der Waals surface area contributed by atoms with Crippen molar-refractivity contribution in [3.05, 3.63) is 48.0 Å². The normalized spacial score (nSPS) is 11.2. The average Bonchev–Trinajstić information content (AvgIpc) is 3.04. The molecule has 0 aromatic carbocycles. The zero-order valence-electron chi connectivity index (χ0n) is 11.3. The summed E-state index contributed by atoms with van der Waals surface area (Å²) < 4.78 is 1.80. The Balaban J connectivity index is 1.81. The fourth-order valence-electron chi connectivity index (χ4n) is 1.92. The van der Waals surface area contributed by atoms with E-state index in [0.717, 1.165) is 11.3 Å². The van der Waals surface area contributed by atoms with Gasteiger partial charge in [-0.05, 0) is 18.1 Å². The number of nitrogens with zero attached hydrogens (tertiary/aromatic N) is 3. The summed E-state index contributed by atoms with van der Waals surface area (Å²) in [5, 5.41) is 9.70. The molecule has 0 saturated carbocycles.